The van der Waals surface area contributed by atoms with Crippen LogP contribution in [-0.2, 0) is 0 Å². The summed E-state index contributed by atoms with van der Waals surface area (Å²) < 4.78 is 1.14. The smallest absolute Gasteiger partial charge is 0.0303 e. The van der Waals surface area contributed by atoms with Crippen molar-refractivity contribution in [2.24, 2.45) is 0 Å². The molecule has 1 rings (SSSR count). The predicted octanol–water partition coefficient (Wildman–Crippen LogP) is 3.12. The molecule has 1 aromatic carbocycles. The first-order valence-corrected chi connectivity index (χ1v) is 5.46. The lowest BCUT2D eigenvalue weighted by atomic mass is 10.1. The topological polar surface area (TPSA) is 12.0 Å². The van der Waals surface area contributed by atoms with Crippen molar-refractivity contribution in [2.75, 3.05) is 6.54 Å². The largest absolute Gasteiger partial charge is 0.309 e. The van der Waals surface area contributed by atoms with Crippen LogP contribution in [-0.4, -0.2) is 6.54 Å². The fourth-order valence-corrected chi connectivity index (χ4v) is 1.93. The number of benzene rings is 1. The minimum Gasteiger partial charge on any atom is -0.309 e. The molecular weight excluding hydrogens is 238 g/mol. The van der Waals surface area contributed by atoms with Gasteiger partial charge >= 0.3 is 0 Å². The minimum absolute atomic E-state index is 0.332. The molecule has 0 aliphatic rings. The number of terminal acetylenes is 1. The Kier molecular flexibility index (Phi) is 4.72. The molecule has 0 heterocycles. The molecule has 0 fully saturated rings. The average Bonchev–Trinajstić information content (AvgIpc) is 2.18. The van der Waals surface area contributed by atoms with Gasteiger partial charge in [-0.2, -0.15) is 0 Å². The maximum Gasteiger partial charge on any atom is 0.0303 e. The monoisotopic (exact) mass is 251 g/mol. The van der Waals surface area contributed by atoms with Gasteiger partial charge < -0.3 is 5.32 Å². The molecule has 0 aromatic heterocycles. The molecule has 1 unspecified atom stereocenters. The van der Waals surface area contributed by atoms with Crippen LogP contribution in [0.1, 0.15) is 24.9 Å². The van der Waals surface area contributed by atoms with Crippen LogP contribution in [0.15, 0.2) is 28.7 Å². The molecule has 2 heteroatoms. The molecule has 0 amide bonds. The van der Waals surface area contributed by atoms with Crippen molar-refractivity contribution in [1.82, 2.24) is 5.32 Å². The Morgan fingerprint density at radius 2 is 2.21 bits per heavy atom. The van der Waals surface area contributed by atoms with E-state index in [-0.39, 0.29) is 0 Å². The van der Waals surface area contributed by atoms with Crippen LogP contribution in [0, 0.1) is 12.3 Å². The standard InChI is InChI=1S/C12H14BrN/c1-3-4-9-14-10(2)11-7-5-6-8-12(11)13/h1,5-8,10,14H,4,9H2,2H3. The van der Waals surface area contributed by atoms with Crippen molar-refractivity contribution in [3.63, 3.8) is 0 Å². The number of halogens is 1. The van der Waals surface area contributed by atoms with Crippen LogP contribution in [0.25, 0.3) is 0 Å². The summed E-state index contributed by atoms with van der Waals surface area (Å²) in [6.45, 7) is 3.00. The second kappa shape index (κ2) is 5.85. The van der Waals surface area contributed by atoms with E-state index in [0.717, 1.165) is 17.4 Å². The zero-order valence-electron chi connectivity index (χ0n) is 8.26. The Balaban J connectivity index is 2.57. The normalized spacial score (nSPS) is 12.1. The maximum atomic E-state index is 5.18. The molecule has 0 aliphatic heterocycles. The van der Waals surface area contributed by atoms with E-state index in [4.69, 9.17) is 6.42 Å². The van der Waals surface area contributed by atoms with Gasteiger partial charge in [-0.1, -0.05) is 34.1 Å². The van der Waals surface area contributed by atoms with Crippen LogP contribution in [0.5, 0.6) is 0 Å². The van der Waals surface area contributed by atoms with Crippen LogP contribution in [0.3, 0.4) is 0 Å². The molecular formula is C12H14BrN. The zero-order chi connectivity index (χ0) is 10.4. The minimum atomic E-state index is 0.332. The summed E-state index contributed by atoms with van der Waals surface area (Å²) in [5, 5.41) is 3.37. The fraction of sp³-hybridized carbons (Fsp3) is 0.333. The van der Waals surface area contributed by atoms with E-state index >= 15 is 0 Å². The third-order valence-electron chi connectivity index (χ3n) is 2.09. The SMILES string of the molecule is C#CCCNC(C)c1ccccc1Br. The van der Waals surface area contributed by atoms with Crippen LogP contribution < -0.4 is 5.32 Å². The van der Waals surface area contributed by atoms with Gasteiger partial charge in [-0.25, -0.2) is 0 Å². The fourth-order valence-electron chi connectivity index (χ4n) is 1.30. The van der Waals surface area contributed by atoms with Gasteiger partial charge in [0.2, 0.25) is 0 Å². The summed E-state index contributed by atoms with van der Waals surface area (Å²) in [6.07, 6.45) is 5.96. The van der Waals surface area contributed by atoms with Crippen molar-refractivity contribution in [2.45, 2.75) is 19.4 Å². The summed E-state index contributed by atoms with van der Waals surface area (Å²) in [7, 11) is 0. The molecule has 0 saturated heterocycles. The van der Waals surface area contributed by atoms with Gasteiger partial charge in [0.25, 0.3) is 0 Å². The highest BCUT2D eigenvalue weighted by molar-refractivity contribution is 9.10. The molecule has 74 valence electrons. The molecule has 0 bridgehead atoms. The summed E-state index contributed by atoms with van der Waals surface area (Å²) in [6, 6.07) is 8.55. The average molecular weight is 252 g/mol. The lowest BCUT2D eigenvalue weighted by Crippen LogP contribution is -2.19. The second-order valence-electron chi connectivity index (χ2n) is 3.15. The number of nitrogens with one attached hydrogen (secondary N) is 1. The molecule has 0 aliphatic carbocycles. The summed E-state index contributed by atoms with van der Waals surface area (Å²) >= 11 is 3.53. The lowest BCUT2D eigenvalue weighted by molar-refractivity contribution is 0.582. The van der Waals surface area contributed by atoms with Crippen LogP contribution in [0.4, 0.5) is 0 Å². The first-order valence-electron chi connectivity index (χ1n) is 4.67. The van der Waals surface area contributed by atoms with Crippen molar-refractivity contribution >= 4 is 15.9 Å². The first kappa shape index (κ1) is 11.3. The predicted molar refractivity (Wildman–Crippen MR) is 64.0 cm³/mol. The highest BCUT2D eigenvalue weighted by Crippen LogP contribution is 2.22. The Morgan fingerprint density at radius 3 is 2.86 bits per heavy atom. The molecule has 1 nitrogen and oxygen atoms in total. The van der Waals surface area contributed by atoms with E-state index in [0.29, 0.717) is 6.04 Å². The van der Waals surface area contributed by atoms with Gasteiger partial charge in [0, 0.05) is 23.5 Å². The van der Waals surface area contributed by atoms with Crippen molar-refractivity contribution in [1.29, 1.82) is 0 Å². The highest BCUT2D eigenvalue weighted by atomic mass is 79.9. The third kappa shape index (κ3) is 3.17. The van der Waals surface area contributed by atoms with Gasteiger partial charge in [-0.15, -0.1) is 12.3 Å². The number of hydrogen-bond acceptors (Lipinski definition) is 1. The second-order valence-corrected chi connectivity index (χ2v) is 4.01. The van der Waals surface area contributed by atoms with Gasteiger partial charge in [0.15, 0.2) is 0 Å². The van der Waals surface area contributed by atoms with Gasteiger partial charge in [-0.05, 0) is 18.6 Å². The zero-order valence-corrected chi connectivity index (χ0v) is 9.84. The Bertz CT molecular complexity index is 327. The summed E-state index contributed by atoms with van der Waals surface area (Å²) in [5.74, 6) is 2.61. The van der Waals surface area contributed by atoms with E-state index < -0.39 is 0 Å². The lowest BCUT2D eigenvalue weighted by Gasteiger charge is -2.14. The Morgan fingerprint density at radius 1 is 1.50 bits per heavy atom. The molecule has 1 N–H and O–H groups in total. The molecule has 1 aromatic rings. The van der Waals surface area contributed by atoms with E-state index in [9.17, 15) is 0 Å². The number of rotatable bonds is 4. The number of hydrogen-bond donors (Lipinski definition) is 1. The van der Waals surface area contributed by atoms with E-state index in [2.05, 4.69) is 46.2 Å². The van der Waals surface area contributed by atoms with Crippen LogP contribution >= 0.6 is 15.9 Å². The van der Waals surface area contributed by atoms with Gasteiger partial charge in [0.1, 0.15) is 0 Å². The van der Waals surface area contributed by atoms with Crippen molar-refractivity contribution < 1.29 is 0 Å². The van der Waals surface area contributed by atoms with Gasteiger partial charge in [-0.3, -0.25) is 0 Å². The summed E-state index contributed by atoms with van der Waals surface area (Å²) in [5.41, 5.74) is 1.27. The van der Waals surface area contributed by atoms with Crippen LogP contribution in [0.2, 0.25) is 0 Å². The summed E-state index contributed by atoms with van der Waals surface area (Å²) in [4.78, 5) is 0. The molecule has 1 atom stereocenters. The van der Waals surface area contributed by atoms with E-state index in [1.807, 2.05) is 12.1 Å². The maximum absolute atomic E-state index is 5.18. The molecule has 0 spiro atoms. The molecule has 0 saturated carbocycles. The molecule has 14 heavy (non-hydrogen) atoms. The van der Waals surface area contributed by atoms with Gasteiger partial charge in [0.05, 0.1) is 0 Å². The first-order chi connectivity index (χ1) is 6.75. The van der Waals surface area contributed by atoms with E-state index in [1.165, 1.54) is 5.56 Å². The van der Waals surface area contributed by atoms with Crippen molar-refractivity contribution in [3.05, 3.63) is 34.3 Å². The van der Waals surface area contributed by atoms with E-state index in [1.54, 1.807) is 0 Å². The molecule has 0 radical (unpaired) electrons. The third-order valence-corrected chi connectivity index (χ3v) is 2.81. The quantitative estimate of drug-likeness (QED) is 0.641. The Hall–Kier alpha value is -0.780. The highest BCUT2D eigenvalue weighted by Gasteiger charge is 2.06. The Labute approximate surface area is 94.0 Å². The van der Waals surface area contributed by atoms with Crippen molar-refractivity contribution in [3.8, 4) is 12.3 Å².